The first-order valence-corrected chi connectivity index (χ1v) is 13.9. The summed E-state index contributed by atoms with van der Waals surface area (Å²) in [5, 5.41) is 7.09. The number of fused-ring (bicyclic) bond motifs is 2. The second-order valence-corrected chi connectivity index (χ2v) is 10.5. The molecule has 0 aliphatic rings. The van der Waals surface area contributed by atoms with Crippen LogP contribution in [0, 0.1) is 6.92 Å². The summed E-state index contributed by atoms with van der Waals surface area (Å²) in [6.07, 6.45) is 0. The average Bonchev–Trinajstić information content (AvgIpc) is 3.52. The van der Waals surface area contributed by atoms with Gasteiger partial charge in [0, 0.05) is 23.5 Å². The van der Waals surface area contributed by atoms with E-state index >= 15 is 0 Å². The second kappa shape index (κ2) is 11.7. The molecule has 2 amide bonds. The summed E-state index contributed by atoms with van der Waals surface area (Å²) >= 11 is 2.61. The van der Waals surface area contributed by atoms with E-state index in [1.54, 1.807) is 20.3 Å². The number of aromatic nitrogens is 4. The summed E-state index contributed by atoms with van der Waals surface area (Å²) in [6, 6.07) is 16.6. The first-order chi connectivity index (χ1) is 18.9. The van der Waals surface area contributed by atoms with Crippen LogP contribution in [-0.4, -0.2) is 57.5 Å². The first kappa shape index (κ1) is 26.4. The number of nitrogens with zero attached hydrogens (tertiary/aromatic N) is 2. The van der Waals surface area contributed by atoms with Crippen LogP contribution in [0.5, 0.6) is 11.5 Å². The van der Waals surface area contributed by atoms with E-state index in [2.05, 4.69) is 30.6 Å². The molecule has 12 heteroatoms. The Kier molecular flexibility index (Phi) is 7.94. The van der Waals surface area contributed by atoms with Gasteiger partial charge in [0.2, 0.25) is 11.8 Å². The molecule has 0 saturated heterocycles. The van der Waals surface area contributed by atoms with Crippen molar-refractivity contribution in [2.24, 2.45) is 0 Å². The van der Waals surface area contributed by atoms with Crippen molar-refractivity contribution in [2.75, 3.05) is 36.4 Å². The largest absolute Gasteiger partial charge is 0.497 e. The van der Waals surface area contributed by atoms with Crippen LogP contribution >= 0.6 is 23.5 Å². The van der Waals surface area contributed by atoms with Gasteiger partial charge in [0.1, 0.15) is 11.5 Å². The molecule has 0 unspecified atom stereocenters. The van der Waals surface area contributed by atoms with Crippen LogP contribution < -0.4 is 20.1 Å². The van der Waals surface area contributed by atoms with E-state index in [1.807, 2.05) is 55.5 Å². The molecule has 2 heterocycles. The molecule has 5 aromatic rings. The zero-order chi connectivity index (χ0) is 27.4. The fourth-order valence-electron chi connectivity index (χ4n) is 3.91. The predicted octanol–water partition coefficient (Wildman–Crippen LogP) is 5.23. The summed E-state index contributed by atoms with van der Waals surface area (Å²) in [4.78, 5) is 40.6. The van der Waals surface area contributed by atoms with Gasteiger partial charge in [-0.3, -0.25) is 9.59 Å². The highest BCUT2D eigenvalue weighted by molar-refractivity contribution is 8.00. The van der Waals surface area contributed by atoms with Crippen LogP contribution in [0.2, 0.25) is 0 Å². The molecule has 0 aliphatic heterocycles. The maximum absolute atomic E-state index is 12.6. The van der Waals surface area contributed by atoms with Gasteiger partial charge >= 0.3 is 0 Å². The number of aryl methyl sites for hydroxylation is 1. The van der Waals surface area contributed by atoms with E-state index in [4.69, 9.17) is 9.47 Å². The van der Waals surface area contributed by atoms with Crippen molar-refractivity contribution in [1.82, 2.24) is 19.9 Å². The van der Waals surface area contributed by atoms with E-state index in [1.165, 1.54) is 23.5 Å². The molecule has 10 nitrogen and oxygen atoms in total. The molecule has 0 bridgehead atoms. The quantitative estimate of drug-likeness (QED) is 0.170. The fraction of sp³-hybridized carbons (Fsp3) is 0.185. The van der Waals surface area contributed by atoms with Crippen LogP contribution in [-0.2, 0) is 9.59 Å². The molecule has 3 aromatic carbocycles. The molecule has 5 rings (SSSR count). The molecule has 2 aromatic heterocycles. The number of hydrogen-bond acceptors (Lipinski definition) is 8. The summed E-state index contributed by atoms with van der Waals surface area (Å²) in [5.74, 6) is 1.45. The molecule has 0 spiro atoms. The normalized spacial score (nSPS) is 11.1. The lowest BCUT2D eigenvalue weighted by atomic mass is 10.2. The van der Waals surface area contributed by atoms with Crippen molar-refractivity contribution in [3.8, 4) is 11.5 Å². The van der Waals surface area contributed by atoms with Crippen molar-refractivity contribution in [3.63, 3.8) is 0 Å². The molecule has 39 heavy (non-hydrogen) atoms. The SMILES string of the molecule is COc1ccc2nc(SCC(=O)Nc3cc(C)cc(NC(=O)CSc4nc5ccc(OC)cc5[nH]4)c3)[nH]c2c1. The van der Waals surface area contributed by atoms with E-state index in [0.717, 1.165) is 39.1 Å². The zero-order valence-corrected chi connectivity index (χ0v) is 23.1. The van der Waals surface area contributed by atoms with E-state index in [9.17, 15) is 9.59 Å². The molecule has 200 valence electrons. The molecular formula is C27H26N6O4S2. The number of ether oxygens (including phenoxy) is 2. The van der Waals surface area contributed by atoms with E-state index in [-0.39, 0.29) is 23.3 Å². The van der Waals surface area contributed by atoms with Crippen molar-refractivity contribution in [2.45, 2.75) is 17.2 Å². The van der Waals surface area contributed by atoms with Gasteiger partial charge in [-0.05, 0) is 55.0 Å². The second-order valence-electron chi connectivity index (χ2n) is 8.61. The summed E-state index contributed by atoms with van der Waals surface area (Å²) < 4.78 is 10.5. The van der Waals surface area contributed by atoms with Crippen molar-refractivity contribution in [1.29, 1.82) is 0 Å². The van der Waals surface area contributed by atoms with Crippen molar-refractivity contribution in [3.05, 3.63) is 60.2 Å². The molecule has 4 N–H and O–H groups in total. The third-order valence-corrected chi connectivity index (χ3v) is 7.41. The monoisotopic (exact) mass is 562 g/mol. The van der Waals surface area contributed by atoms with Gasteiger partial charge in [0.15, 0.2) is 10.3 Å². The number of H-pyrrole nitrogens is 2. The number of amides is 2. The molecule has 0 aliphatic carbocycles. The highest BCUT2D eigenvalue weighted by Crippen LogP contribution is 2.25. The highest BCUT2D eigenvalue weighted by atomic mass is 32.2. The number of carbonyl (C=O) groups excluding carboxylic acids is 2. The number of hydrogen-bond donors (Lipinski definition) is 4. The van der Waals surface area contributed by atoms with Crippen LogP contribution in [0.15, 0.2) is 64.9 Å². The van der Waals surface area contributed by atoms with Crippen molar-refractivity contribution >= 4 is 68.8 Å². The lowest BCUT2D eigenvalue weighted by Crippen LogP contribution is -2.16. The molecular weight excluding hydrogens is 536 g/mol. The van der Waals surface area contributed by atoms with Crippen LogP contribution in [0.25, 0.3) is 22.1 Å². The molecule has 0 fully saturated rings. The number of thioether (sulfide) groups is 2. The summed E-state index contributed by atoms with van der Waals surface area (Å²) in [7, 11) is 3.22. The summed E-state index contributed by atoms with van der Waals surface area (Å²) in [5.41, 5.74) is 5.40. The Morgan fingerprint density at radius 2 is 1.21 bits per heavy atom. The highest BCUT2D eigenvalue weighted by Gasteiger charge is 2.12. The van der Waals surface area contributed by atoms with Gasteiger partial charge in [-0.2, -0.15) is 0 Å². The zero-order valence-electron chi connectivity index (χ0n) is 21.5. The molecule has 0 atom stereocenters. The van der Waals surface area contributed by atoms with Crippen LogP contribution in [0.1, 0.15) is 5.56 Å². The van der Waals surface area contributed by atoms with Crippen molar-refractivity contribution < 1.29 is 19.1 Å². The number of nitrogens with one attached hydrogen (secondary N) is 4. The third-order valence-electron chi connectivity index (χ3n) is 5.66. The lowest BCUT2D eigenvalue weighted by molar-refractivity contribution is -0.114. The molecule has 0 saturated carbocycles. The Bertz CT molecular complexity index is 1550. The van der Waals surface area contributed by atoms with Crippen LogP contribution in [0.4, 0.5) is 11.4 Å². The maximum atomic E-state index is 12.6. The Hall–Kier alpha value is -4.16. The minimum absolute atomic E-state index is 0.173. The van der Waals surface area contributed by atoms with Crippen LogP contribution in [0.3, 0.4) is 0 Å². The Balaban J connectivity index is 1.14. The van der Waals surface area contributed by atoms with Gasteiger partial charge < -0.3 is 30.1 Å². The van der Waals surface area contributed by atoms with Gasteiger partial charge in [-0.25, -0.2) is 9.97 Å². The van der Waals surface area contributed by atoms with Gasteiger partial charge in [0.05, 0.1) is 47.8 Å². The predicted molar refractivity (Wildman–Crippen MR) is 155 cm³/mol. The van der Waals surface area contributed by atoms with Gasteiger partial charge in [-0.15, -0.1) is 0 Å². The minimum atomic E-state index is -0.182. The topological polar surface area (TPSA) is 134 Å². The number of aromatic amines is 2. The molecule has 0 radical (unpaired) electrons. The Morgan fingerprint density at radius 3 is 1.64 bits per heavy atom. The van der Waals surface area contributed by atoms with E-state index < -0.39 is 0 Å². The first-order valence-electron chi connectivity index (χ1n) is 11.9. The Morgan fingerprint density at radius 1 is 0.744 bits per heavy atom. The number of carbonyl (C=O) groups is 2. The summed E-state index contributed by atoms with van der Waals surface area (Å²) in [6.45, 7) is 1.90. The number of imidazole rings is 2. The third kappa shape index (κ3) is 6.65. The van der Waals surface area contributed by atoms with Gasteiger partial charge in [-0.1, -0.05) is 23.5 Å². The average molecular weight is 563 g/mol. The number of methoxy groups -OCH3 is 2. The standard InChI is InChI=1S/C27H26N6O4S2/c1-15-8-16(28-24(34)13-38-26-30-20-6-4-18(36-2)11-22(20)32-26)10-17(9-15)29-25(35)14-39-27-31-21-7-5-19(37-3)12-23(21)33-27/h4-12H,13-14H2,1-3H3,(H,28,34)(H,29,35)(H,30,32)(H,31,33). The maximum Gasteiger partial charge on any atom is 0.234 e. The lowest BCUT2D eigenvalue weighted by Gasteiger charge is -2.10. The fourth-order valence-corrected chi connectivity index (χ4v) is 5.28. The minimum Gasteiger partial charge on any atom is -0.497 e. The number of rotatable bonds is 10. The van der Waals surface area contributed by atoms with E-state index in [0.29, 0.717) is 21.7 Å². The Labute approximate surface area is 232 Å². The number of anilines is 2. The smallest absolute Gasteiger partial charge is 0.234 e. The number of benzene rings is 3. The van der Waals surface area contributed by atoms with Gasteiger partial charge in [0.25, 0.3) is 0 Å².